The van der Waals surface area contributed by atoms with Gasteiger partial charge in [-0.3, -0.25) is 4.79 Å². The molecule has 0 unspecified atom stereocenters. The van der Waals surface area contributed by atoms with Crippen LogP contribution in [0.15, 0.2) is 11.0 Å². The molecule has 0 aromatic carbocycles. The molecule has 0 amide bonds. The van der Waals surface area contributed by atoms with E-state index in [-0.39, 0.29) is 19.6 Å². The van der Waals surface area contributed by atoms with Crippen molar-refractivity contribution in [3.05, 3.63) is 14.7 Å². The second kappa shape index (κ2) is 4.97. The lowest BCUT2D eigenvalue weighted by molar-refractivity contribution is -0.145. The van der Waals surface area contributed by atoms with Crippen LogP contribution in [-0.2, 0) is 14.8 Å². The summed E-state index contributed by atoms with van der Waals surface area (Å²) in [6.45, 7) is 0. The lowest BCUT2D eigenvalue weighted by atomic mass is 9.81. The highest BCUT2D eigenvalue weighted by atomic mass is 35.5. The van der Waals surface area contributed by atoms with Crippen LogP contribution in [0.2, 0.25) is 8.67 Å². The van der Waals surface area contributed by atoms with Crippen LogP contribution < -0.4 is 4.72 Å². The Balaban J connectivity index is 2.06. The Bertz CT molecular complexity index is 577. The van der Waals surface area contributed by atoms with Crippen molar-refractivity contribution < 1.29 is 18.3 Å². The maximum absolute atomic E-state index is 12.0. The maximum atomic E-state index is 12.0. The van der Waals surface area contributed by atoms with E-state index in [1.54, 1.807) is 0 Å². The summed E-state index contributed by atoms with van der Waals surface area (Å²) in [5.74, 6) is -1.37. The third-order valence-corrected chi connectivity index (χ3v) is 6.00. The van der Waals surface area contributed by atoms with Gasteiger partial charge in [0.15, 0.2) is 0 Å². The molecule has 1 aromatic heterocycles. The molecule has 1 fully saturated rings. The van der Waals surface area contributed by atoms with Crippen molar-refractivity contribution in [2.45, 2.75) is 23.8 Å². The topological polar surface area (TPSA) is 83.5 Å². The van der Waals surface area contributed by atoms with Crippen LogP contribution >= 0.6 is 34.5 Å². The molecule has 1 heterocycles. The maximum Gasteiger partial charge on any atom is 0.306 e. The molecule has 1 aromatic rings. The summed E-state index contributed by atoms with van der Waals surface area (Å²) in [7, 11) is -3.73. The van der Waals surface area contributed by atoms with Gasteiger partial charge in [0.05, 0.1) is 10.3 Å². The molecule has 2 N–H and O–H groups in total. The van der Waals surface area contributed by atoms with Gasteiger partial charge in [-0.1, -0.05) is 23.2 Å². The van der Waals surface area contributed by atoms with E-state index in [0.29, 0.717) is 12.8 Å². The first kappa shape index (κ1) is 14.1. The molecule has 0 spiro atoms. The predicted octanol–water partition coefficient (Wildman–Crippen LogP) is 2.20. The van der Waals surface area contributed by atoms with Gasteiger partial charge in [-0.05, 0) is 18.9 Å². The highest BCUT2D eigenvalue weighted by molar-refractivity contribution is 7.89. The lowest BCUT2D eigenvalue weighted by Gasteiger charge is -2.32. The zero-order chi connectivity index (χ0) is 13.5. The van der Waals surface area contributed by atoms with Gasteiger partial charge in [0.2, 0.25) is 10.0 Å². The van der Waals surface area contributed by atoms with E-state index in [1.165, 1.54) is 6.07 Å². The zero-order valence-electron chi connectivity index (χ0n) is 8.89. The molecule has 0 aliphatic heterocycles. The molecule has 2 rings (SSSR count). The number of nitrogens with one attached hydrogen (secondary N) is 1. The van der Waals surface area contributed by atoms with E-state index in [4.69, 9.17) is 28.3 Å². The Labute approximate surface area is 118 Å². The summed E-state index contributed by atoms with van der Waals surface area (Å²) < 4.78 is 26.7. The smallest absolute Gasteiger partial charge is 0.306 e. The highest BCUT2D eigenvalue weighted by Crippen LogP contribution is 2.35. The van der Waals surface area contributed by atoms with Crippen molar-refractivity contribution >= 4 is 50.5 Å². The predicted molar refractivity (Wildman–Crippen MR) is 68.8 cm³/mol. The minimum Gasteiger partial charge on any atom is -0.481 e. The van der Waals surface area contributed by atoms with Crippen molar-refractivity contribution in [3.8, 4) is 0 Å². The molecular formula is C9H9Cl2NO4S2. The Hall–Kier alpha value is -0.340. The minimum absolute atomic E-state index is 0.0575. The summed E-state index contributed by atoms with van der Waals surface area (Å²) >= 11 is 12.4. The number of carboxylic acids is 1. The first-order valence-corrected chi connectivity index (χ1v) is 8.05. The Morgan fingerprint density at radius 1 is 1.44 bits per heavy atom. The second-order valence-electron chi connectivity index (χ2n) is 4.01. The fourth-order valence-corrected chi connectivity index (χ4v) is 5.12. The monoisotopic (exact) mass is 329 g/mol. The van der Waals surface area contributed by atoms with E-state index >= 15 is 0 Å². The largest absolute Gasteiger partial charge is 0.481 e. The summed E-state index contributed by atoms with van der Waals surface area (Å²) in [5, 5.41) is 8.70. The fraction of sp³-hybridized carbons (Fsp3) is 0.444. The first-order valence-electron chi connectivity index (χ1n) is 4.99. The quantitative estimate of drug-likeness (QED) is 0.886. The number of hydrogen-bond donors (Lipinski definition) is 2. The van der Waals surface area contributed by atoms with Gasteiger partial charge in [-0.2, -0.15) is 0 Å². The van der Waals surface area contributed by atoms with Crippen LogP contribution in [0, 0.1) is 5.92 Å². The molecule has 1 aliphatic carbocycles. The molecule has 9 heteroatoms. The number of sulfonamides is 1. The van der Waals surface area contributed by atoms with E-state index in [9.17, 15) is 13.2 Å². The number of thiophene rings is 1. The summed E-state index contributed by atoms with van der Waals surface area (Å²) in [5.41, 5.74) is 0. The Morgan fingerprint density at radius 3 is 2.50 bits per heavy atom. The van der Waals surface area contributed by atoms with Gasteiger partial charge in [0.1, 0.15) is 9.23 Å². The van der Waals surface area contributed by atoms with Crippen LogP contribution in [0.25, 0.3) is 0 Å². The number of carboxylic acid groups (broad SMARTS) is 1. The molecule has 5 nitrogen and oxygen atoms in total. The van der Waals surface area contributed by atoms with Crippen molar-refractivity contribution in [1.29, 1.82) is 0 Å². The van der Waals surface area contributed by atoms with E-state index in [2.05, 4.69) is 4.72 Å². The van der Waals surface area contributed by atoms with Gasteiger partial charge in [-0.15, -0.1) is 11.3 Å². The molecular weight excluding hydrogens is 321 g/mol. The van der Waals surface area contributed by atoms with Gasteiger partial charge in [0, 0.05) is 6.04 Å². The normalized spacial score (nSPS) is 23.7. The summed E-state index contributed by atoms with van der Waals surface area (Å²) in [6, 6.07) is 0.926. The van der Waals surface area contributed by atoms with E-state index < -0.39 is 21.9 Å². The number of carbonyl (C=O) groups is 1. The third kappa shape index (κ3) is 2.80. The van der Waals surface area contributed by atoms with Crippen LogP contribution in [-0.4, -0.2) is 25.5 Å². The average molecular weight is 330 g/mol. The number of halogens is 2. The van der Waals surface area contributed by atoms with Crippen molar-refractivity contribution in [1.82, 2.24) is 4.72 Å². The lowest BCUT2D eigenvalue weighted by Crippen LogP contribution is -2.46. The number of aliphatic carboxylic acids is 1. The summed E-state index contributed by atoms with van der Waals surface area (Å²) in [4.78, 5) is 10.5. The SMILES string of the molecule is O=C(O)C1CC(NS(=O)(=O)c2cc(Cl)sc2Cl)C1. The molecule has 0 atom stereocenters. The molecule has 0 radical (unpaired) electrons. The average Bonchev–Trinajstić information content (AvgIpc) is 2.51. The van der Waals surface area contributed by atoms with Gasteiger partial charge < -0.3 is 5.11 Å². The van der Waals surface area contributed by atoms with Crippen LogP contribution in [0.3, 0.4) is 0 Å². The summed E-state index contributed by atoms with van der Waals surface area (Å²) in [6.07, 6.45) is 0.591. The number of hydrogen-bond acceptors (Lipinski definition) is 4. The standard InChI is InChI=1S/C9H9Cl2NO4S2/c10-7-3-6(8(11)17-7)18(15,16)12-5-1-4(2-5)9(13)14/h3-5,12H,1-2H2,(H,13,14). The van der Waals surface area contributed by atoms with Gasteiger partial charge >= 0.3 is 5.97 Å². The van der Waals surface area contributed by atoms with Crippen molar-refractivity contribution in [2.75, 3.05) is 0 Å². The van der Waals surface area contributed by atoms with Crippen LogP contribution in [0.1, 0.15) is 12.8 Å². The Morgan fingerprint density at radius 2 is 2.06 bits per heavy atom. The molecule has 0 bridgehead atoms. The molecule has 18 heavy (non-hydrogen) atoms. The molecule has 100 valence electrons. The van der Waals surface area contributed by atoms with Crippen molar-refractivity contribution in [3.63, 3.8) is 0 Å². The highest BCUT2D eigenvalue weighted by Gasteiger charge is 2.37. The molecule has 1 saturated carbocycles. The Kier molecular flexibility index (Phi) is 3.89. The molecule has 0 saturated heterocycles. The number of rotatable bonds is 4. The molecule has 1 aliphatic rings. The van der Waals surface area contributed by atoms with Crippen LogP contribution in [0.5, 0.6) is 0 Å². The van der Waals surface area contributed by atoms with Crippen LogP contribution in [0.4, 0.5) is 0 Å². The van der Waals surface area contributed by atoms with Gasteiger partial charge in [-0.25, -0.2) is 13.1 Å². The first-order chi connectivity index (χ1) is 8.29. The van der Waals surface area contributed by atoms with E-state index in [1.807, 2.05) is 0 Å². The second-order valence-corrected chi connectivity index (χ2v) is 7.98. The van der Waals surface area contributed by atoms with E-state index in [0.717, 1.165) is 11.3 Å². The van der Waals surface area contributed by atoms with Crippen molar-refractivity contribution in [2.24, 2.45) is 5.92 Å². The fourth-order valence-electron chi connectivity index (χ4n) is 1.71. The zero-order valence-corrected chi connectivity index (χ0v) is 12.0. The van der Waals surface area contributed by atoms with Gasteiger partial charge in [0.25, 0.3) is 0 Å². The minimum atomic E-state index is -3.73. The third-order valence-electron chi connectivity index (χ3n) is 2.72.